The molecule has 0 spiro atoms. The Morgan fingerprint density at radius 2 is 1.67 bits per heavy atom. The Kier molecular flexibility index (Phi) is 4.81. The maximum Gasteiger partial charge on any atom is 0.120 e. The predicted octanol–water partition coefficient (Wildman–Crippen LogP) is 3.40. The molecule has 2 aliphatic rings. The van der Waals surface area contributed by atoms with Gasteiger partial charge < -0.3 is 10.0 Å². The van der Waals surface area contributed by atoms with Gasteiger partial charge in [-0.25, -0.2) is 0 Å². The van der Waals surface area contributed by atoms with Crippen LogP contribution in [0.3, 0.4) is 0 Å². The zero-order valence-electron chi connectivity index (χ0n) is 13.2. The quantitative estimate of drug-likeness (QED) is 0.923. The van der Waals surface area contributed by atoms with E-state index in [1.54, 1.807) is 6.07 Å². The van der Waals surface area contributed by atoms with Crippen molar-refractivity contribution in [2.45, 2.75) is 51.1 Å². The van der Waals surface area contributed by atoms with E-state index in [-0.39, 0.29) is 0 Å². The van der Waals surface area contributed by atoms with Gasteiger partial charge in [-0.05, 0) is 51.8 Å². The van der Waals surface area contributed by atoms with Crippen LogP contribution in [0.4, 0.5) is 0 Å². The molecule has 1 atom stereocenters. The van der Waals surface area contributed by atoms with Gasteiger partial charge in [0.2, 0.25) is 0 Å². The van der Waals surface area contributed by atoms with Crippen LogP contribution < -0.4 is 0 Å². The van der Waals surface area contributed by atoms with E-state index in [2.05, 4.69) is 22.8 Å². The van der Waals surface area contributed by atoms with E-state index in [9.17, 15) is 5.11 Å². The van der Waals surface area contributed by atoms with Crippen molar-refractivity contribution in [2.24, 2.45) is 0 Å². The lowest BCUT2D eigenvalue weighted by atomic mass is 9.97. The largest absolute Gasteiger partial charge is 0.508 e. The fraction of sp³-hybridized carbons (Fsp3) is 0.667. The molecule has 1 N–H and O–H groups in total. The maximum absolute atomic E-state index is 10.0. The van der Waals surface area contributed by atoms with Gasteiger partial charge in [-0.3, -0.25) is 4.90 Å². The third-order valence-corrected chi connectivity index (χ3v) is 5.34. The molecular weight excluding hydrogens is 260 g/mol. The van der Waals surface area contributed by atoms with Gasteiger partial charge in [0.25, 0.3) is 0 Å². The first-order valence-corrected chi connectivity index (χ1v) is 8.51. The maximum atomic E-state index is 10.0. The number of phenols is 1. The molecule has 1 aromatic carbocycles. The first-order valence-electron chi connectivity index (χ1n) is 8.51. The zero-order valence-corrected chi connectivity index (χ0v) is 13.2. The van der Waals surface area contributed by atoms with Crippen molar-refractivity contribution >= 4 is 0 Å². The van der Waals surface area contributed by atoms with E-state index in [1.807, 2.05) is 12.1 Å². The number of nitrogens with zero attached hydrogens (tertiary/aromatic N) is 2. The molecule has 21 heavy (non-hydrogen) atoms. The highest BCUT2D eigenvalue weighted by atomic mass is 16.3. The Labute approximate surface area is 128 Å². The number of likely N-dealkylation sites (tertiary alicyclic amines) is 2. The minimum Gasteiger partial charge on any atom is -0.508 e. The number of rotatable bonds is 3. The lowest BCUT2D eigenvalue weighted by molar-refractivity contribution is 0.0753. The van der Waals surface area contributed by atoms with Gasteiger partial charge in [-0.2, -0.15) is 0 Å². The molecule has 2 saturated heterocycles. The molecule has 0 bridgehead atoms. The van der Waals surface area contributed by atoms with E-state index >= 15 is 0 Å². The predicted molar refractivity (Wildman–Crippen MR) is 86.5 cm³/mol. The standard InChI is InChI=1S/C18H28N2O/c1-15(17-7-3-4-8-18(17)21)19-13-9-16(10-14-19)20-11-5-2-6-12-20/h3-4,7-8,15-16,21H,2,5-6,9-14H2,1H3. The van der Waals surface area contributed by atoms with Crippen LogP contribution in [0.15, 0.2) is 24.3 Å². The smallest absolute Gasteiger partial charge is 0.120 e. The van der Waals surface area contributed by atoms with Gasteiger partial charge in [0.1, 0.15) is 5.75 Å². The minimum atomic E-state index is 0.313. The second kappa shape index (κ2) is 6.80. The number of hydrogen-bond acceptors (Lipinski definition) is 3. The van der Waals surface area contributed by atoms with Crippen LogP contribution in [0.2, 0.25) is 0 Å². The molecule has 2 aliphatic heterocycles. The molecule has 1 unspecified atom stereocenters. The van der Waals surface area contributed by atoms with Gasteiger partial charge in [0, 0.05) is 30.7 Å². The fourth-order valence-corrected chi connectivity index (χ4v) is 3.96. The van der Waals surface area contributed by atoms with Gasteiger partial charge >= 0.3 is 0 Å². The van der Waals surface area contributed by atoms with Crippen LogP contribution in [-0.4, -0.2) is 47.1 Å². The monoisotopic (exact) mass is 288 g/mol. The molecule has 0 amide bonds. The number of piperidine rings is 2. The van der Waals surface area contributed by atoms with Gasteiger partial charge in [0.05, 0.1) is 0 Å². The van der Waals surface area contributed by atoms with E-state index < -0.39 is 0 Å². The molecule has 0 aliphatic carbocycles. The first kappa shape index (κ1) is 14.9. The second-order valence-corrected chi connectivity index (χ2v) is 6.60. The van der Waals surface area contributed by atoms with Crippen molar-refractivity contribution in [3.05, 3.63) is 29.8 Å². The lowest BCUT2D eigenvalue weighted by Gasteiger charge is -2.42. The summed E-state index contributed by atoms with van der Waals surface area (Å²) in [5, 5.41) is 10.0. The number of benzene rings is 1. The van der Waals surface area contributed by atoms with Crippen LogP contribution in [0.1, 0.15) is 50.6 Å². The second-order valence-electron chi connectivity index (χ2n) is 6.60. The van der Waals surface area contributed by atoms with Crippen LogP contribution >= 0.6 is 0 Å². The molecule has 3 nitrogen and oxygen atoms in total. The van der Waals surface area contributed by atoms with Crippen LogP contribution in [0, 0.1) is 0 Å². The molecule has 3 rings (SSSR count). The summed E-state index contributed by atoms with van der Waals surface area (Å²) in [5.74, 6) is 0.433. The molecule has 3 heteroatoms. The third-order valence-electron chi connectivity index (χ3n) is 5.34. The average molecular weight is 288 g/mol. The molecule has 2 fully saturated rings. The normalized spacial score (nSPS) is 24.0. The molecule has 0 radical (unpaired) electrons. The number of para-hydroxylation sites is 1. The summed E-state index contributed by atoms with van der Waals surface area (Å²) in [6.45, 7) is 7.13. The summed E-state index contributed by atoms with van der Waals surface area (Å²) in [5.41, 5.74) is 1.06. The van der Waals surface area contributed by atoms with Gasteiger partial charge in [0.15, 0.2) is 0 Å². The third kappa shape index (κ3) is 3.41. The van der Waals surface area contributed by atoms with Crippen LogP contribution in [0.25, 0.3) is 0 Å². The number of phenolic OH excluding ortho intramolecular Hbond substituents is 1. The van der Waals surface area contributed by atoms with Crippen LogP contribution in [-0.2, 0) is 0 Å². The molecule has 1 aromatic rings. The molecule has 0 saturated carbocycles. The zero-order chi connectivity index (χ0) is 14.7. The first-order chi connectivity index (χ1) is 10.3. The van der Waals surface area contributed by atoms with Gasteiger partial charge in [-0.1, -0.05) is 24.6 Å². The SMILES string of the molecule is CC(c1ccccc1O)N1CCC(N2CCCCC2)CC1. The minimum absolute atomic E-state index is 0.313. The van der Waals surface area contributed by atoms with Crippen molar-refractivity contribution in [2.75, 3.05) is 26.2 Å². The highest BCUT2D eigenvalue weighted by Crippen LogP contribution is 2.31. The van der Waals surface area contributed by atoms with E-state index in [4.69, 9.17) is 0 Å². The van der Waals surface area contributed by atoms with Crippen molar-refractivity contribution < 1.29 is 5.11 Å². The fourth-order valence-electron chi connectivity index (χ4n) is 3.96. The molecule has 2 heterocycles. The Hall–Kier alpha value is -1.06. The lowest BCUT2D eigenvalue weighted by Crippen LogP contribution is -2.47. The number of hydrogen-bond donors (Lipinski definition) is 1. The summed E-state index contributed by atoms with van der Waals surface area (Å²) < 4.78 is 0. The Balaban J connectivity index is 1.56. The van der Waals surface area contributed by atoms with Crippen LogP contribution in [0.5, 0.6) is 5.75 Å². The van der Waals surface area contributed by atoms with Gasteiger partial charge in [-0.15, -0.1) is 0 Å². The number of aromatic hydroxyl groups is 1. The van der Waals surface area contributed by atoms with Crippen molar-refractivity contribution in [1.82, 2.24) is 9.80 Å². The topological polar surface area (TPSA) is 26.7 Å². The summed E-state index contributed by atoms with van der Waals surface area (Å²) in [4.78, 5) is 5.24. The Bertz CT molecular complexity index is 448. The Morgan fingerprint density at radius 3 is 2.33 bits per heavy atom. The summed E-state index contributed by atoms with van der Waals surface area (Å²) in [7, 11) is 0. The van der Waals surface area contributed by atoms with E-state index in [0.717, 1.165) is 24.7 Å². The van der Waals surface area contributed by atoms with E-state index in [1.165, 1.54) is 45.2 Å². The highest BCUT2D eigenvalue weighted by Gasteiger charge is 2.28. The Morgan fingerprint density at radius 1 is 1.00 bits per heavy atom. The molecular formula is C18H28N2O. The summed E-state index contributed by atoms with van der Waals surface area (Å²) in [6.07, 6.45) is 6.73. The van der Waals surface area contributed by atoms with Crippen molar-refractivity contribution in [1.29, 1.82) is 0 Å². The summed E-state index contributed by atoms with van der Waals surface area (Å²) in [6, 6.07) is 8.87. The summed E-state index contributed by atoms with van der Waals surface area (Å²) >= 11 is 0. The molecule has 116 valence electrons. The van der Waals surface area contributed by atoms with Crippen molar-refractivity contribution in [3.63, 3.8) is 0 Å². The average Bonchev–Trinajstić information content (AvgIpc) is 2.56. The molecule has 0 aromatic heterocycles. The van der Waals surface area contributed by atoms with Crippen molar-refractivity contribution in [3.8, 4) is 5.75 Å². The highest BCUT2D eigenvalue weighted by molar-refractivity contribution is 5.34. The van der Waals surface area contributed by atoms with E-state index in [0.29, 0.717) is 11.8 Å².